The van der Waals surface area contributed by atoms with E-state index in [2.05, 4.69) is 5.32 Å². The lowest BCUT2D eigenvalue weighted by atomic mass is 10.0. The molecule has 4 nitrogen and oxygen atoms in total. The average molecular weight is 251 g/mol. The van der Waals surface area contributed by atoms with Crippen LogP contribution in [-0.2, 0) is 4.79 Å². The van der Waals surface area contributed by atoms with E-state index >= 15 is 0 Å². The maximum Gasteiger partial charge on any atom is 0.242 e. The number of nitrogens with zero attached hydrogens (tertiary/aromatic N) is 1. The smallest absolute Gasteiger partial charge is 0.242 e. The zero-order valence-electron chi connectivity index (χ0n) is 10.6. The van der Waals surface area contributed by atoms with Crippen molar-refractivity contribution in [1.82, 2.24) is 5.32 Å². The topological polar surface area (TPSA) is 58.4 Å². The molecule has 0 aromatic heterocycles. The van der Waals surface area contributed by atoms with Gasteiger partial charge in [-0.15, -0.1) is 0 Å². The Labute approximate surface area is 106 Å². The highest BCUT2D eigenvalue weighted by Crippen LogP contribution is 2.30. The van der Waals surface area contributed by atoms with Gasteiger partial charge in [-0.1, -0.05) is 12.1 Å². The van der Waals surface area contributed by atoms with Crippen molar-refractivity contribution in [3.8, 4) is 0 Å². The van der Waals surface area contributed by atoms with Gasteiger partial charge in [0.15, 0.2) is 0 Å². The Hall–Kier alpha value is -1.62. The van der Waals surface area contributed by atoms with Gasteiger partial charge in [-0.05, 0) is 25.5 Å². The second kappa shape index (κ2) is 4.94. The summed E-state index contributed by atoms with van der Waals surface area (Å²) in [5.74, 6) is -0.411. The molecule has 1 aromatic rings. The quantitative estimate of drug-likeness (QED) is 0.829. The highest BCUT2D eigenvalue weighted by Gasteiger charge is 2.29. The first-order valence-corrected chi connectivity index (χ1v) is 6.10. The second-order valence-electron chi connectivity index (χ2n) is 4.63. The third-order valence-corrected chi connectivity index (χ3v) is 3.29. The number of amides is 1. The molecular formula is C13H18FN3O. The first kappa shape index (κ1) is 12.8. The lowest BCUT2D eigenvalue weighted by Crippen LogP contribution is -2.54. The molecule has 2 rings (SSSR count). The number of nitrogens with two attached hydrogens (primary N) is 1. The molecule has 2 atom stereocenters. The number of halogens is 1. The fourth-order valence-electron chi connectivity index (χ4n) is 2.29. The summed E-state index contributed by atoms with van der Waals surface area (Å²) in [4.78, 5) is 13.4. The van der Waals surface area contributed by atoms with E-state index in [9.17, 15) is 9.18 Å². The lowest BCUT2D eigenvalue weighted by Gasteiger charge is -2.36. The number of piperazine rings is 1. The van der Waals surface area contributed by atoms with Gasteiger partial charge in [-0.3, -0.25) is 4.79 Å². The Balaban J connectivity index is 2.46. The molecule has 1 unspecified atom stereocenters. The van der Waals surface area contributed by atoms with Gasteiger partial charge < -0.3 is 16.0 Å². The van der Waals surface area contributed by atoms with Gasteiger partial charge >= 0.3 is 0 Å². The van der Waals surface area contributed by atoms with Gasteiger partial charge in [-0.2, -0.15) is 0 Å². The summed E-state index contributed by atoms with van der Waals surface area (Å²) in [5.41, 5.74) is 7.06. The molecule has 0 radical (unpaired) electrons. The molecule has 1 heterocycles. The van der Waals surface area contributed by atoms with Crippen molar-refractivity contribution in [3.05, 3.63) is 29.6 Å². The van der Waals surface area contributed by atoms with Crippen LogP contribution in [0.3, 0.4) is 0 Å². The largest absolute Gasteiger partial charge is 0.355 e. The van der Waals surface area contributed by atoms with Crippen LogP contribution in [-0.4, -0.2) is 25.0 Å². The van der Waals surface area contributed by atoms with E-state index in [1.807, 2.05) is 13.0 Å². The van der Waals surface area contributed by atoms with Crippen molar-refractivity contribution in [2.45, 2.75) is 25.9 Å². The molecule has 1 aliphatic heterocycles. The molecule has 0 bridgehead atoms. The summed E-state index contributed by atoms with van der Waals surface area (Å²) in [7, 11) is 0. The van der Waals surface area contributed by atoms with Gasteiger partial charge in [0.2, 0.25) is 5.91 Å². The zero-order valence-corrected chi connectivity index (χ0v) is 10.6. The van der Waals surface area contributed by atoms with Crippen LogP contribution in [0.25, 0.3) is 0 Å². The van der Waals surface area contributed by atoms with Crippen LogP contribution in [0.2, 0.25) is 0 Å². The summed E-state index contributed by atoms with van der Waals surface area (Å²) in [6.07, 6.45) is 0. The molecule has 18 heavy (non-hydrogen) atoms. The second-order valence-corrected chi connectivity index (χ2v) is 4.63. The molecule has 1 aliphatic rings. The fourth-order valence-corrected chi connectivity index (χ4v) is 2.29. The van der Waals surface area contributed by atoms with Crippen LogP contribution in [0.15, 0.2) is 18.2 Å². The number of rotatable bonds is 2. The highest BCUT2D eigenvalue weighted by atomic mass is 19.1. The molecule has 0 saturated carbocycles. The molecule has 3 N–H and O–H groups in total. The number of nitrogens with one attached hydrogen (secondary N) is 1. The van der Waals surface area contributed by atoms with E-state index < -0.39 is 0 Å². The number of hydrogen-bond acceptors (Lipinski definition) is 3. The maximum atomic E-state index is 14.1. The summed E-state index contributed by atoms with van der Waals surface area (Å²) >= 11 is 0. The van der Waals surface area contributed by atoms with Crippen LogP contribution >= 0.6 is 0 Å². The molecule has 1 amide bonds. The van der Waals surface area contributed by atoms with E-state index in [0.717, 1.165) is 5.56 Å². The Morgan fingerprint density at radius 1 is 1.56 bits per heavy atom. The lowest BCUT2D eigenvalue weighted by molar-refractivity contribution is -0.122. The van der Waals surface area contributed by atoms with Gasteiger partial charge in [0.05, 0.1) is 5.69 Å². The van der Waals surface area contributed by atoms with Crippen molar-refractivity contribution in [3.63, 3.8) is 0 Å². The van der Waals surface area contributed by atoms with E-state index in [1.165, 1.54) is 6.07 Å². The fraction of sp³-hybridized carbons (Fsp3) is 0.462. The van der Waals surface area contributed by atoms with E-state index in [-0.39, 0.29) is 23.8 Å². The monoisotopic (exact) mass is 251 g/mol. The van der Waals surface area contributed by atoms with E-state index in [0.29, 0.717) is 18.8 Å². The molecule has 1 saturated heterocycles. The van der Waals surface area contributed by atoms with Gasteiger partial charge in [0.1, 0.15) is 11.9 Å². The van der Waals surface area contributed by atoms with Crippen molar-refractivity contribution in [2.75, 3.05) is 18.0 Å². The number of anilines is 1. The molecule has 1 aromatic carbocycles. The highest BCUT2D eigenvalue weighted by molar-refractivity contribution is 5.86. The Morgan fingerprint density at radius 3 is 2.94 bits per heavy atom. The van der Waals surface area contributed by atoms with Crippen LogP contribution in [0.4, 0.5) is 10.1 Å². The predicted molar refractivity (Wildman–Crippen MR) is 68.8 cm³/mol. The number of hydrogen-bond donors (Lipinski definition) is 2. The van der Waals surface area contributed by atoms with Gasteiger partial charge in [0.25, 0.3) is 0 Å². The standard InChI is InChI=1S/C13H18FN3O/c1-8(15)10-4-3-5-11(14)12(10)17-7-6-16-13(18)9(17)2/h3-5,8-9H,6-7,15H2,1-2H3,(H,16,18)/t8-,9?/m0/s1. The minimum Gasteiger partial charge on any atom is -0.355 e. The van der Waals surface area contributed by atoms with Crippen molar-refractivity contribution in [2.24, 2.45) is 5.73 Å². The van der Waals surface area contributed by atoms with Crippen LogP contribution in [0, 0.1) is 5.82 Å². The van der Waals surface area contributed by atoms with E-state index in [1.54, 1.807) is 17.9 Å². The van der Waals surface area contributed by atoms with Gasteiger partial charge in [0, 0.05) is 19.1 Å². The summed E-state index contributed by atoms with van der Waals surface area (Å²) in [6, 6.07) is 4.20. The molecular weight excluding hydrogens is 233 g/mol. The van der Waals surface area contributed by atoms with Crippen LogP contribution in [0.1, 0.15) is 25.5 Å². The number of carbonyl (C=O) groups excluding carboxylic acids is 1. The molecule has 98 valence electrons. The first-order chi connectivity index (χ1) is 8.52. The summed E-state index contributed by atoms with van der Waals surface area (Å²) < 4.78 is 14.1. The van der Waals surface area contributed by atoms with Crippen LogP contribution in [0.5, 0.6) is 0 Å². The normalized spacial score (nSPS) is 21.7. The maximum absolute atomic E-state index is 14.1. The van der Waals surface area contributed by atoms with Crippen molar-refractivity contribution < 1.29 is 9.18 Å². The first-order valence-electron chi connectivity index (χ1n) is 6.10. The Morgan fingerprint density at radius 2 is 2.28 bits per heavy atom. The molecule has 0 aliphatic carbocycles. The zero-order chi connectivity index (χ0) is 13.3. The van der Waals surface area contributed by atoms with Crippen LogP contribution < -0.4 is 16.0 Å². The average Bonchev–Trinajstić information content (AvgIpc) is 2.33. The SMILES string of the molecule is CC1C(=O)NCCN1c1c(F)cccc1[C@H](C)N. The van der Waals surface area contributed by atoms with Crippen molar-refractivity contribution >= 4 is 11.6 Å². The molecule has 5 heteroatoms. The summed E-state index contributed by atoms with van der Waals surface area (Å²) in [5, 5.41) is 2.77. The number of para-hydroxylation sites is 1. The predicted octanol–water partition coefficient (Wildman–Crippen LogP) is 1.17. The minimum atomic E-state index is -0.381. The minimum absolute atomic E-state index is 0.0832. The number of benzene rings is 1. The Kier molecular flexibility index (Phi) is 3.52. The molecule has 0 spiro atoms. The number of carbonyl (C=O) groups is 1. The molecule has 1 fully saturated rings. The van der Waals surface area contributed by atoms with Crippen molar-refractivity contribution in [1.29, 1.82) is 0 Å². The Bertz CT molecular complexity index is 462. The van der Waals surface area contributed by atoms with E-state index in [4.69, 9.17) is 5.73 Å². The third kappa shape index (κ3) is 2.18. The van der Waals surface area contributed by atoms with Gasteiger partial charge in [-0.25, -0.2) is 4.39 Å². The third-order valence-electron chi connectivity index (χ3n) is 3.29. The summed E-state index contributed by atoms with van der Waals surface area (Å²) in [6.45, 7) is 4.70.